The highest BCUT2D eigenvalue weighted by atomic mass is 14.7. The highest BCUT2D eigenvalue weighted by Crippen LogP contribution is 2.29. The van der Waals surface area contributed by atoms with Gasteiger partial charge in [-0.1, -0.05) is 122 Å². The second-order valence-electron chi connectivity index (χ2n) is 16.9. The molecule has 0 unspecified atom stereocenters. The summed E-state index contributed by atoms with van der Waals surface area (Å²) in [4.78, 5) is 12.6. The molecule has 0 fully saturated rings. The van der Waals surface area contributed by atoms with Crippen molar-refractivity contribution in [1.82, 2.24) is 19.9 Å². The van der Waals surface area contributed by atoms with E-state index in [9.17, 15) is 0 Å². The second-order valence-corrected chi connectivity index (χ2v) is 16.9. The Morgan fingerprint density at radius 3 is 1.00 bits per heavy atom. The lowest BCUT2D eigenvalue weighted by molar-refractivity contribution is 0.518. The van der Waals surface area contributed by atoms with Gasteiger partial charge in [0, 0.05) is 64.3 Å². The van der Waals surface area contributed by atoms with Crippen molar-refractivity contribution in [3.63, 3.8) is 0 Å². The minimum absolute atomic E-state index is 0.267. The number of hydrogen-bond acceptors (Lipinski definition) is 0. The van der Waals surface area contributed by atoms with Crippen LogP contribution in [0.1, 0.15) is 133 Å². The zero-order valence-electron chi connectivity index (χ0n) is 31.4. The molecular weight excluding hydrogens is 548 g/mol. The fourth-order valence-corrected chi connectivity index (χ4v) is 4.20. The normalized spacial score (nSPS) is 13.2. The first-order valence-electron chi connectivity index (χ1n) is 16.4. The van der Waals surface area contributed by atoms with Gasteiger partial charge in [-0.05, 0) is 70.9 Å². The van der Waals surface area contributed by atoms with Crippen LogP contribution in [0.5, 0.6) is 0 Å². The maximum absolute atomic E-state index is 3.18. The highest BCUT2D eigenvalue weighted by molar-refractivity contribution is 5.30. The quantitative estimate of drug-likeness (QED) is 0.152. The average Bonchev–Trinajstić information content (AvgIpc) is 3.75. The van der Waals surface area contributed by atoms with Gasteiger partial charge >= 0.3 is 0 Å². The largest absolute Gasteiger partial charge is 0.367 e. The maximum atomic E-state index is 3.18. The summed E-state index contributed by atoms with van der Waals surface area (Å²) < 4.78 is 0. The molecule has 0 spiro atoms. The monoisotopic (exact) mass is 615 g/mol. The lowest BCUT2D eigenvalue weighted by atomic mass is 9.87. The van der Waals surface area contributed by atoms with Crippen molar-refractivity contribution in [2.45, 2.75) is 132 Å². The molecule has 4 heterocycles. The first-order valence-corrected chi connectivity index (χ1v) is 16.4. The molecule has 250 valence electrons. The van der Waals surface area contributed by atoms with Gasteiger partial charge in [0.25, 0.3) is 0 Å². The van der Waals surface area contributed by atoms with Crippen molar-refractivity contribution in [2.24, 2.45) is 5.41 Å². The van der Waals surface area contributed by atoms with Gasteiger partial charge in [0.1, 0.15) is 0 Å². The Morgan fingerprint density at radius 1 is 0.467 bits per heavy atom. The summed E-state index contributed by atoms with van der Waals surface area (Å²) in [6.45, 7) is 33.1. The van der Waals surface area contributed by atoms with Crippen LogP contribution in [0.4, 0.5) is 0 Å². The Labute approximate surface area is 276 Å². The molecule has 0 aliphatic heterocycles. The van der Waals surface area contributed by atoms with Gasteiger partial charge in [0.15, 0.2) is 0 Å². The van der Waals surface area contributed by atoms with Crippen molar-refractivity contribution in [3.8, 4) is 0 Å². The summed E-state index contributed by atoms with van der Waals surface area (Å²) in [5.41, 5.74) is 8.17. The van der Waals surface area contributed by atoms with E-state index in [0.717, 1.165) is 6.42 Å². The van der Waals surface area contributed by atoms with E-state index in [1.807, 2.05) is 49.2 Å². The van der Waals surface area contributed by atoms with Crippen LogP contribution in [0.25, 0.3) is 0 Å². The lowest BCUT2D eigenvalue weighted by Gasteiger charge is -2.18. The smallest absolute Gasteiger partial charge is 0.0201 e. The van der Waals surface area contributed by atoms with Gasteiger partial charge in [-0.2, -0.15) is 0 Å². The van der Waals surface area contributed by atoms with Crippen LogP contribution < -0.4 is 0 Å². The number of aromatic amines is 4. The van der Waals surface area contributed by atoms with Gasteiger partial charge in [0.05, 0.1) is 0 Å². The summed E-state index contributed by atoms with van der Waals surface area (Å²) in [6, 6.07) is 14.5. The molecule has 1 aliphatic carbocycles. The minimum atomic E-state index is 0.267. The van der Waals surface area contributed by atoms with Gasteiger partial charge < -0.3 is 19.9 Å². The molecule has 0 radical (unpaired) electrons. The van der Waals surface area contributed by atoms with Crippen LogP contribution in [0, 0.1) is 5.41 Å². The molecule has 45 heavy (non-hydrogen) atoms. The Bertz CT molecular complexity index is 1150. The molecule has 4 N–H and O–H groups in total. The van der Waals surface area contributed by atoms with Crippen molar-refractivity contribution in [3.05, 3.63) is 120 Å². The standard InChI is InChI=1S/C9H14.4C8H13N/c1-9(2,3)8-6-4-5-7-8;1-8(2,3)7-4-5-9-6-7;3*1-8(2,3)7-5-4-6-9-7/h4,6-7H,5H2,1-3H3;4*4-6,9H,1-3H3. The van der Waals surface area contributed by atoms with Crippen LogP contribution in [0.3, 0.4) is 0 Å². The van der Waals surface area contributed by atoms with Crippen LogP contribution in [-0.4, -0.2) is 19.9 Å². The minimum Gasteiger partial charge on any atom is -0.367 e. The van der Waals surface area contributed by atoms with Gasteiger partial charge in [-0.25, -0.2) is 0 Å². The lowest BCUT2D eigenvalue weighted by Crippen LogP contribution is -2.10. The third-order valence-corrected chi connectivity index (χ3v) is 7.32. The average molecular weight is 615 g/mol. The molecule has 1 aliphatic rings. The first kappa shape index (κ1) is 39.6. The Balaban J connectivity index is 0.000000281. The van der Waals surface area contributed by atoms with Crippen molar-refractivity contribution in [1.29, 1.82) is 0 Å². The van der Waals surface area contributed by atoms with Crippen LogP contribution in [-0.2, 0) is 21.7 Å². The van der Waals surface area contributed by atoms with Crippen molar-refractivity contribution >= 4 is 0 Å². The molecule has 5 rings (SSSR count). The Kier molecular flexibility index (Phi) is 14.8. The van der Waals surface area contributed by atoms with E-state index < -0.39 is 0 Å². The summed E-state index contributed by atoms with van der Waals surface area (Å²) >= 11 is 0. The molecular formula is C41H66N4. The molecule has 4 aromatic rings. The van der Waals surface area contributed by atoms with Crippen LogP contribution in [0.2, 0.25) is 0 Å². The van der Waals surface area contributed by atoms with E-state index in [2.05, 4.69) is 166 Å². The zero-order valence-corrected chi connectivity index (χ0v) is 31.4. The Hall–Kier alpha value is -3.40. The maximum Gasteiger partial charge on any atom is 0.0201 e. The van der Waals surface area contributed by atoms with Crippen LogP contribution >= 0.6 is 0 Å². The topological polar surface area (TPSA) is 63.2 Å². The van der Waals surface area contributed by atoms with Gasteiger partial charge in [-0.3, -0.25) is 0 Å². The van der Waals surface area contributed by atoms with E-state index in [-0.39, 0.29) is 16.2 Å². The SMILES string of the molecule is CC(C)(C)C1=CCC=C1.CC(C)(C)c1cc[nH]c1.CC(C)(C)c1ccc[nH]1.CC(C)(C)c1ccc[nH]1.CC(C)(C)c1ccc[nH]1. The highest BCUT2D eigenvalue weighted by Gasteiger charge is 2.16. The van der Waals surface area contributed by atoms with Crippen molar-refractivity contribution < 1.29 is 0 Å². The number of hydrogen-bond donors (Lipinski definition) is 4. The number of allylic oxidation sites excluding steroid dienone is 4. The number of aromatic nitrogens is 4. The molecule has 0 atom stereocenters. The fourth-order valence-electron chi connectivity index (χ4n) is 4.20. The summed E-state index contributed by atoms with van der Waals surface area (Å²) in [7, 11) is 0. The fraction of sp³-hybridized carbons (Fsp3) is 0.512. The van der Waals surface area contributed by atoms with E-state index in [1.54, 1.807) is 0 Å². The Morgan fingerprint density at radius 2 is 0.867 bits per heavy atom. The van der Waals surface area contributed by atoms with Crippen molar-refractivity contribution in [2.75, 3.05) is 0 Å². The molecule has 0 amide bonds. The molecule has 4 heteroatoms. The molecule has 0 saturated carbocycles. The summed E-state index contributed by atoms with van der Waals surface area (Å²) in [5.74, 6) is 0. The van der Waals surface area contributed by atoms with E-state index >= 15 is 0 Å². The van der Waals surface area contributed by atoms with Crippen LogP contribution in [0.15, 0.2) is 97.2 Å². The summed E-state index contributed by atoms with van der Waals surface area (Å²) in [5, 5.41) is 0. The van der Waals surface area contributed by atoms with E-state index in [1.165, 1.54) is 28.2 Å². The number of nitrogens with one attached hydrogen (secondary N) is 4. The predicted octanol–water partition coefficient (Wildman–Crippen LogP) is 12.2. The number of H-pyrrole nitrogens is 4. The third-order valence-electron chi connectivity index (χ3n) is 7.32. The third kappa shape index (κ3) is 15.9. The molecule has 0 saturated heterocycles. The zero-order chi connectivity index (χ0) is 34.5. The summed E-state index contributed by atoms with van der Waals surface area (Å²) in [6.07, 6.45) is 17.7. The molecule has 4 aromatic heterocycles. The second kappa shape index (κ2) is 16.8. The van der Waals surface area contributed by atoms with E-state index in [4.69, 9.17) is 0 Å². The van der Waals surface area contributed by atoms with Gasteiger partial charge in [0.2, 0.25) is 0 Å². The molecule has 0 aromatic carbocycles. The number of rotatable bonds is 0. The predicted molar refractivity (Wildman–Crippen MR) is 199 cm³/mol. The van der Waals surface area contributed by atoms with E-state index in [0.29, 0.717) is 10.8 Å². The molecule has 4 nitrogen and oxygen atoms in total. The first-order chi connectivity index (χ1) is 20.5. The molecule has 0 bridgehead atoms. The van der Waals surface area contributed by atoms with Gasteiger partial charge in [-0.15, -0.1) is 0 Å².